The van der Waals surface area contributed by atoms with Crippen LogP contribution in [-0.4, -0.2) is 36.9 Å². The number of hydrogen-bond donors (Lipinski definition) is 1. The van der Waals surface area contributed by atoms with Crippen LogP contribution in [0.2, 0.25) is 0 Å². The Balaban J connectivity index is 1.61. The minimum Gasteiger partial charge on any atom is -0.267 e. The van der Waals surface area contributed by atoms with Crippen molar-refractivity contribution in [2.45, 2.75) is 18.4 Å². The number of carbonyl (C=O) groups is 1. The van der Waals surface area contributed by atoms with Crippen molar-refractivity contribution in [3.05, 3.63) is 95.3 Å². The van der Waals surface area contributed by atoms with Crippen LogP contribution in [0, 0.1) is 6.92 Å². The molecule has 8 heteroatoms. The van der Waals surface area contributed by atoms with Crippen molar-refractivity contribution >= 4 is 22.1 Å². The number of benzene rings is 2. The van der Waals surface area contributed by atoms with E-state index >= 15 is 0 Å². The van der Waals surface area contributed by atoms with Gasteiger partial charge in [0.15, 0.2) is 0 Å². The first kappa shape index (κ1) is 21.4. The van der Waals surface area contributed by atoms with Gasteiger partial charge in [0.2, 0.25) is 10.0 Å². The molecule has 0 saturated carbocycles. The number of aromatic nitrogens is 1. The number of pyridine rings is 1. The topological polar surface area (TPSA) is 91.7 Å². The Morgan fingerprint density at radius 3 is 2.40 bits per heavy atom. The first-order chi connectivity index (χ1) is 14.4. The lowest BCUT2D eigenvalue weighted by Gasteiger charge is -2.17. The zero-order chi connectivity index (χ0) is 21.6. The molecule has 1 amide bonds. The number of carbonyl (C=O) groups excluding carboxylic acids is 1. The lowest BCUT2D eigenvalue weighted by Crippen LogP contribution is -2.26. The van der Waals surface area contributed by atoms with Gasteiger partial charge in [-0.3, -0.25) is 9.78 Å². The third-order valence-electron chi connectivity index (χ3n) is 4.40. The van der Waals surface area contributed by atoms with Crippen LogP contribution in [0.1, 0.15) is 27.2 Å². The van der Waals surface area contributed by atoms with Gasteiger partial charge in [-0.2, -0.15) is 9.41 Å². The van der Waals surface area contributed by atoms with E-state index in [1.807, 2.05) is 13.0 Å². The average Bonchev–Trinajstić information content (AvgIpc) is 2.75. The van der Waals surface area contributed by atoms with Crippen LogP contribution < -0.4 is 5.43 Å². The Morgan fingerprint density at radius 2 is 1.77 bits per heavy atom. The highest BCUT2D eigenvalue weighted by molar-refractivity contribution is 7.89. The van der Waals surface area contributed by atoms with E-state index in [9.17, 15) is 13.2 Å². The quantitative estimate of drug-likeness (QED) is 0.468. The second-order valence-electron chi connectivity index (χ2n) is 6.72. The molecule has 7 nitrogen and oxygen atoms in total. The Labute approximate surface area is 176 Å². The summed E-state index contributed by atoms with van der Waals surface area (Å²) >= 11 is 0. The number of nitrogens with zero attached hydrogens (tertiary/aromatic N) is 3. The number of amides is 1. The van der Waals surface area contributed by atoms with Gasteiger partial charge in [0.25, 0.3) is 5.91 Å². The second-order valence-corrected chi connectivity index (χ2v) is 8.77. The van der Waals surface area contributed by atoms with Crippen LogP contribution in [0.3, 0.4) is 0 Å². The summed E-state index contributed by atoms with van der Waals surface area (Å²) in [7, 11) is -2.06. The fraction of sp³-hybridized carbons (Fsp3) is 0.136. The molecule has 0 spiro atoms. The fourth-order valence-electron chi connectivity index (χ4n) is 2.67. The first-order valence-corrected chi connectivity index (χ1v) is 10.7. The molecular weight excluding hydrogens is 400 g/mol. The van der Waals surface area contributed by atoms with Crippen LogP contribution in [0.25, 0.3) is 0 Å². The van der Waals surface area contributed by atoms with Crippen molar-refractivity contribution in [2.24, 2.45) is 5.10 Å². The minimum atomic E-state index is -3.59. The Kier molecular flexibility index (Phi) is 6.71. The van der Waals surface area contributed by atoms with E-state index in [1.165, 1.54) is 17.6 Å². The molecule has 30 heavy (non-hydrogen) atoms. The molecule has 0 saturated heterocycles. The van der Waals surface area contributed by atoms with Gasteiger partial charge >= 0.3 is 0 Å². The number of hydrazone groups is 1. The summed E-state index contributed by atoms with van der Waals surface area (Å²) in [5.41, 5.74) is 5.25. The third-order valence-corrected chi connectivity index (χ3v) is 6.22. The molecule has 1 heterocycles. The van der Waals surface area contributed by atoms with E-state index in [-0.39, 0.29) is 17.3 Å². The Hall–Kier alpha value is -3.36. The molecular formula is C22H22N4O3S. The maximum absolute atomic E-state index is 12.7. The zero-order valence-electron chi connectivity index (χ0n) is 16.7. The molecule has 3 rings (SSSR count). The lowest BCUT2D eigenvalue weighted by molar-refractivity contribution is 0.0955. The van der Waals surface area contributed by atoms with E-state index in [0.717, 1.165) is 11.1 Å². The Bertz CT molecular complexity index is 1130. The van der Waals surface area contributed by atoms with E-state index < -0.39 is 10.0 Å². The second kappa shape index (κ2) is 9.43. The highest BCUT2D eigenvalue weighted by Crippen LogP contribution is 2.17. The van der Waals surface area contributed by atoms with Crippen molar-refractivity contribution in [3.63, 3.8) is 0 Å². The summed E-state index contributed by atoms with van der Waals surface area (Å²) in [5.74, 6) is -0.366. The number of nitrogens with one attached hydrogen (secondary N) is 1. The van der Waals surface area contributed by atoms with Crippen LogP contribution in [0.4, 0.5) is 0 Å². The van der Waals surface area contributed by atoms with Crippen molar-refractivity contribution < 1.29 is 13.2 Å². The molecule has 0 fully saturated rings. The van der Waals surface area contributed by atoms with Crippen LogP contribution >= 0.6 is 0 Å². The summed E-state index contributed by atoms with van der Waals surface area (Å²) in [5, 5.41) is 3.89. The van der Waals surface area contributed by atoms with Crippen LogP contribution in [0.5, 0.6) is 0 Å². The molecule has 1 N–H and O–H groups in total. The van der Waals surface area contributed by atoms with Gasteiger partial charge in [-0.05, 0) is 48.9 Å². The van der Waals surface area contributed by atoms with Crippen LogP contribution in [-0.2, 0) is 16.6 Å². The van der Waals surface area contributed by atoms with Crippen LogP contribution in [0.15, 0.2) is 82.9 Å². The molecule has 0 atom stereocenters. The van der Waals surface area contributed by atoms with E-state index in [4.69, 9.17) is 0 Å². The highest BCUT2D eigenvalue weighted by atomic mass is 32.2. The average molecular weight is 423 g/mol. The summed E-state index contributed by atoms with van der Waals surface area (Å²) < 4.78 is 26.7. The fourth-order valence-corrected chi connectivity index (χ4v) is 3.83. The smallest absolute Gasteiger partial charge is 0.267 e. The molecule has 0 unspecified atom stereocenters. The SMILES string of the molecule is Cc1ccc(S(=O)(=O)N(C)Cc2ccc(C(=O)NN=Cc3ccccn3)cc2)cc1. The predicted octanol–water partition coefficient (Wildman–Crippen LogP) is 2.97. The van der Waals surface area contributed by atoms with Gasteiger partial charge in [0.1, 0.15) is 0 Å². The minimum absolute atomic E-state index is 0.190. The zero-order valence-corrected chi connectivity index (χ0v) is 17.5. The summed E-state index contributed by atoms with van der Waals surface area (Å²) in [4.78, 5) is 16.5. The molecule has 3 aromatic rings. The van der Waals surface area contributed by atoms with Gasteiger partial charge in [0, 0.05) is 25.4 Å². The van der Waals surface area contributed by atoms with Gasteiger partial charge in [0.05, 0.1) is 16.8 Å². The molecule has 2 aromatic carbocycles. The summed E-state index contributed by atoms with van der Waals surface area (Å²) in [6, 6.07) is 18.8. The van der Waals surface area contributed by atoms with Gasteiger partial charge in [-0.25, -0.2) is 13.8 Å². The maximum Gasteiger partial charge on any atom is 0.271 e. The van der Waals surface area contributed by atoms with E-state index in [1.54, 1.807) is 66.9 Å². The number of sulfonamides is 1. The molecule has 0 radical (unpaired) electrons. The molecule has 0 bridgehead atoms. The third kappa shape index (κ3) is 5.37. The van der Waals surface area contributed by atoms with Crippen molar-refractivity contribution in [1.82, 2.24) is 14.7 Å². The standard InChI is InChI=1S/C22H22N4O3S/c1-17-6-12-21(13-7-17)30(28,29)26(2)16-18-8-10-19(11-9-18)22(27)25-24-15-20-5-3-4-14-23-20/h3-15H,16H2,1-2H3,(H,25,27). The molecule has 0 aliphatic heterocycles. The largest absolute Gasteiger partial charge is 0.271 e. The number of aryl methyl sites for hydroxylation is 1. The monoisotopic (exact) mass is 422 g/mol. The molecule has 154 valence electrons. The molecule has 0 aliphatic carbocycles. The molecule has 1 aromatic heterocycles. The first-order valence-electron chi connectivity index (χ1n) is 9.22. The number of hydrogen-bond acceptors (Lipinski definition) is 5. The Morgan fingerprint density at radius 1 is 1.07 bits per heavy atom. The summed E-state index contributed by atoms with van der Waals surface area (Å²) in [6.07, 6.45) is 3.09. The predicted molar refractivity (Wildman–Crippen MR) is 116 cm³/mol. The van der Waals surface area contributed by atoms with Gasteiger partial charge < -0.3 is 0 Å². The number of rotatable bonds is 7. The van der Waals surface area contributed by atoms with E-state index in [0.29, 0.717) is 11.3 Å². The van der Waals surface area contributed by atoms with Crippen molar-refractivity contribution in [2.75, 3.05) is 7.05 Å². The van der Waals surface area contributed by atoms with Crippen molar-refractivity contribution in [3.8, 4) is 0 Å². The van der Waals surface area contributed by atoms with E-state index in [2.05, 4.69) is 15.5 Å². The van der Waals surface area contributed by atoms with Crippen molar-refractivity contribution in [1.29, 1.82) is 0 Å². The van der Waals surface area contributed by atoms with Gasteiger partial charge in [-0.1, -0.05) is 35.9 Å². The molecule has 0 aliphatic rings. The van der Waals surface area contributed by atoms with Gasteiger partial charge in [-0.15, -0.1) is 0 Å². The normalized spacial score (nSPS) is 11.7. The maximum atomic E-state index is 12.7. The lowest BCUT2D eigenvalue weighted by atomic mass is 10.1. The highest BCUT2D eigenvalue weighted by Gasteiger charge is 2.20. The summed E-state index contributed by atoms with van der Waals surface area (Å²) in [6.45, 7) is 2.09.